The van der Waals surface area contributed by atoms with Crippen LogP contribution >= 0.6 is 0 Å². The number of β-amino-alcohol motifs (C(OH)–C–C–N with tert-alkyl or cyclic N) is 1. The standard InChI is InChI=1S/C18H15F3N4O2/c19-18(20,21)13-3-1-2-11(8-13)16-23-17(27-24-16)12-4-5-15(22-9-12)25-7-6-14(26)10-25/h1-5,8-9,14,26H,6-7,10H2/t14-/m0/s1. The number of anilines is 1. The quantitative estimate of drug-likeness (QED) is 0.755. The molecule has 6 nitrogen and oxygen atoms in total. The molecule has 1 saturated heterocycles. The van der Waals surface area contributed by atoms with Gasteiger partial charge in [-0.15, -0.1) is 0 Å². The second kappa shape index (κ2) is 6.66. The van der Waals surface area contributed by atoms with E-state index in [0.29, 0.717) is 18.5 Å². The molecule has 1 fully saturated rings. The van der Waals surface area contributed by atoms with E-state index in [1.807, 2.05) is 4.90 Å². The fourth-order valence-corrected chi connectivity index (χ4v) is 2.94. The molecule has 0 aliphatic carbocycles. The first-order chi connectivity index (χ1) is 12.9. The van der Waals surface area contributed by atoms with E-state index in [1.165, 1.54) is 12.1 Å². The largest absolute Gasteiger partial charge is 0.416 e. The number of aliphatic hydroxyl groups is 1. The number of aliphatic hydroxyl groups excluding tert-OH is 1. The van der Waals surface area contributed by atoms with Crippen LogP contribution < -0.4 is 4.90 Å². The molecule has 0 saturated carbocycles. The van der Waals surface area contributed by atoms with E-state index >= 15 is 0 Å². The lowest BCUT2D eigenvalue weighted by atomic mass is 10.1. The van der Waals surface area contributed by atoms with Crippen LogP contribution in [-0.4, -0.2) is 39.4 Å². The minimum absolute atomic E-state index is 0.0721. The lowest BCUT2D eigenvalue weighted by molar-refractivity contribution is -0.137. The third-order valence-corrected chi connectivity index (χ3v) is 4.36. The molecule has 1 aliphatic heterocycles. The topological polar surface area (TPSA) is 75.3 Å². The average Bonchev–Trinajstić information content (AvgIpc) is 3.31. The first kappa shape index (κ1) is 17.5. The summed E-state index contributed by atoms with van der Waals surface area (Å²) >= 11 is 0. The molecule has 0 spiro atoms. The average molecular weight is 376 g/mol. The van der Waals surface area contributed by atoms with Crippen LogP contribution in [0.5, 0.6) is 0 Å². The molecule has 9 heteroatoms. The van der Waals surface area contributed by atoms with Gasteiger partial charge in [0.25, 0.3) is 5.89 Å². The zero-order valence-corrected chi connectivity index (χ0v) is 14.0. The molecule has 0 unspecified atom stereocenters. The van der Waals surface area contributed by atoms with Crippen LogP contribution in [0.3, 0.4) is 0 Å². The van der Waals surface area contributed by atoms with E-state index in [4.69, 9.17) is 4.52 Å². The van der Waals surface area contributed by atoms with Crippen molar-refractivity contribution < 1.29 is 22.8 Å². The van der Waals surface area contributed by atoms with Crippen molar-refractivity contribution in [1.82, 2.24) is 15.1 Å². The Balaban J connectivity index is 1.56. The molecule has 2 aromatic heterocycles. The second-order valence-electron chi connectivity index (χ2n) is 6.30. The first-order valence-electron chi connectivity index (χ1n) is 8.31. The SMILES string of the molecule is O[C@H]1CCN(c2ccc(-c3nc(-c4cccc(C(F)(F)F)c4)no3)cn2)C1. The Morgan fingerprint density at radius 2 is 2.00 bits per heavy atom. The van der Waals surface area contributed by atoms with Gasteiger partial charge in [-0.1, -0.05) is 17.3 Å². The van der Waals surface area contributed by atoms with E-state index in [0.717, 1.165) is 24.5 Å². The summed E-state index contributed by atoms with van der Waals surface area (Å²) in [5.41, 5.74) is 0.00449. The van der Waals surface area contributed by atoms with Crippen molar-refractivity contribution in [2.45, 2.75) is 18.7 Å². The summed E-state index contributed by atoms with van der Waals surface area (Å²) in [5, 5.41) is 13.4. The molecule has 0 bridgehead atoms. The number of hydrogen-bond acceptors (Lipinski definition) is 6. The monoisotopic (exact) mass is 376 g/mol. The third kappa shape index (κ3) is 3.63. The molecular weight excluding hydrogens is 361 g/mol. The fraction of sp³-hybridized carbons (Fsp3) is 0.278. The summed E-state index contributed by atoms with van der Waals surface area (Å²) in [6.07, 6.45) is -2.53. The van der Waals surface area contributed by atoms with Gasteiger partial charge in [-0.05, 0) is 30.7 Å². The lowest BCUT2D eigenvalue weighted by Crippen LogP contribution is -2.21. The maximum Gasteiger partial charge on any atom is 0.416 e. The summed E-state index contributed by atoms with van der Waals surface area (Å²) in [6.45, 7) is 1.26. The van der Waals surface area contributed by atoms with Crippen LogP contribution in [0, 0.1) is 0 Å². The molecule has 1 N–H and O–H groups in total. The molecular formula is C18H15F3N4O2. The smallest absolute Gasteiger partial charge is 0.391 e. The van der Waals surface area contributed by atoms with E-state index < -0.39 is 11.7 Å². The summed E-state index contributed by atoms with van der Waals surface area (Å²) in [4.78, 5) is 10.5. The Kier molecular flexibility index (Phi) is 4.31. The van der Waals surface area contributed by atoms with Gasteiger partial charge in [0.1, 0.15) is 5.82 Å². The normalized spacial score (nSPS) is 17.5. The number of rotatable bonds is 3. The van der Waals surface area contributed by atoms with Gasteiger partial charge in [0.05, 0.1) is 17.2 Å². The van der Waals surface area contributed by atoms with Crippen LogP contribution in [-0.2, 0) is 6.18 Å². The molecule has 1 atom stereocenters. The summed E-state index contributed by atoms with van der Waals surface area (Å²) in [6, 6.07) is 8.29. The minimum Gasteiger partial charge on any atom is -0.391 e. The zero-order chi connectivity index (χ0) is 19.0. The predicted molar refractivity (Wildman–Crippen MR) is 90.8 cm³/mol. The van der Waals surface area contributed by atoms with Gasteiger partial charge in [0, 0.05) is 24.8 Å². The second-order valence-corrected chi connectivity index (χ2v) is 6.30. The Morgan fingerprint density at radius 1 is 1.15 bits per heavy atom. The highest BCUT2D eigenvalue weighted by molar-refractivity contribution is 5.61. The maximum absolute atomic E-state index is 12.9. The molecule has 1 aliphatic rings. The summed E-state index contributed by atoms with van der Waals surface area (Å²) in [5.74, 6) is 0.971. The molecule has 4 rings (SSSR count). The Bertz CT molecular complexity index is 940. The number of aromatic nitrogens is 3. The van der Waals surface area contributed by atoms with Crippen molar-refractivity contribution in [2.24, 2.45) is 0 Å². The first-order valence-corrected chi connectivity index (χ1v) is 8.31. The molecule has 1 aromatic carbocycles. The Morgan fingerprint density at radius 3 is 2.67 bits per heavy atom. The third-order valence-electron chi connectivity index (χ3n) is 4.36. The number of nitrogens with zero attached hydrogens (tertiary/aromatic N) is 4. The van der Waals surface area contributed by atoms with Gasteiger partial charge < -0.3 is 14.5 Å². The van der Waals surface area contributed by atoms with Crippen molar-refractivity contribution in [3.05, 3.63) is 48.2 Å². The maximum atomic E-state index is 12.9. The molecule has 3 aromatic rings. The lowest BCUT2D eigenvalue weighted by Gasteiger charge is -2.16. The predicted octanol–water partition coefficient (Wildman–Crippen LogP) is 3.39. The Labute approximate surface area is 152 Å². The van der Waals surface area contributed by atoms with E-state index in [2.05, 4.69) is 15.1 Å². The van der Waals surface area contributed by atoms with E-state index in [1.54, 1.807) is 18.3 Å². The van der Waals surface area contributed by atoms with E-state index in [9.17, 15) is 18.3 Å². The van der Waals surface area contributed by atoms with Gasteiger partial charge in [-0.2, -0.15) is 18.2 Å². The molecule has 140 valence electrons. The van der Waals surface area contributed by atoms with Crippen molar-refractivity contribution in [2.75, 3.05) is 18.0 Å². The Hall–Kier alpha value is -2.94. The van der Waals surface area contributed by atoms with Crippen LogP contribution in [0.15, 0.2) is 47.1 Å². The summed E-state index contributed by atoms with van der Waals surface area (Å²) < 4.78 is 43.7. The van der Waals surface area contributed by atoms with Gasteiger partial charge in [-0.3, -0.25) is 0 Å². The van der Waals surface area contributed by atoms with Crippen molar-refractivity contribution >= 4 is 5.82 Å². The molecule has 0 amide bonds. The molecule has 27 heavy (non-hydrogen) atoms. The van der Waals surface area contributed by atoms with Gasteiger partial charge >= 0.3 is 6.18 Å². The van der Waals surface area contributed by atoms with Crippen LogP contribution in [0.1, 0.15) is 12.0 Å². The highest BCUT2D eigenvalue weighted by atomic mass is 19.4. The van der Waals surface area contributed by atoms with Crippen LogP contribution in [0.25, 0.3) is 22.8 Å². The van der Waals surface area contributed by atoms with Gasteiger partial charge in [0.15, 0.2) is 0 Å². The van der Waals surface area contributed by atoms with Crippen LogP contribution in [0.2, 0.25) is 0 Å². The highest BCUT2D eigenvalue weighted by Gasteiger charge is 2.30. The molecule has 0 radical (unpaired) electrons. The number of hydrogen-bond donors (Lipinski definition) is 1. The fourth-order valence-electron chi connectivity index (χ4n) is 2.94. The molecule has 3 heterocycles. The summed E-state index contributed by atoms with van der Waals surface area (Å²) in [7, 11) is 0. The van der Waals surface area contributed by atoms with Crippen molar-refractivity contribution in [3.63, 3.8) is 0 Å². The van der Waals surface area contributed by atoms with E-state index in [-0.39, 0.29) is 23.4 Å². The number of halogens is 3. The zero-order valence-electron chi connectivity index (χ0n) is 14.0. The van der Waals surface area contributed by atoms with Gasteiger partial charge in [-0.25, -0.2) is 4.98 Å². The number of pyridine rings is 1. The highest BCUT2D eigenvalue weighted by Crippen LogP contribution is 2.32. The number of benzene rings is 1. The minimum atomic E-state index is -4.44. The van der Waals surface area contributed by atoms with Crippen LogP contribution in [0.4, 0.5) is 19.0 Å². The van der Waals surface area contributed by atoms with Crippen molar-refractivity contribution in [1.29, 1.82) is 0 Å². The number of alkyl halides is 3. The van der Waals surface area contributed by atoms with Gasteiger partial charge in [0.2, 0.25) is 5.82 Å². The van der Waals surface area contributed by atoms with Crippen molar-refractivity contribution in [3.8, 4) is 22.8 Å².